The fourth-order valence-electron chi connectivity index (χ4n) is 3.00. The maximum absolute atomic E-state index is 5.57. The monoisotopic (exact) mass is 428 g/mol. The van der Waals surface area contributed by atoms with E-state index in [-0.39, 0.29) is 23.2 Å². The predicted octanol–water partition coefficient (Wildman–Crippen LogP) is 4.91. The first-order valence-corrected chi connectivity index (χ1v) is 10.5. The van der Waals surface area contributed by atoms with Crippen molar-refractivity contribution in [2.45, 2.75) is 13.0 Å². The van der Waals surface area contributed by atoms with E-state index in [1.165, 1.54) is 22.2 Å². The molecule has 0 bridgehead atoms. The van der Waals surface area contributed by atoms with Crippen LogP contribution in [0.2, 0.25) is 0 Å². The summed E-state index contributed by atoms with van der Waals surface area (Å²) in [5, 5.41) is 2.75. The van der Waals surface area contributed by atoms with Crippen LogP contribution in [-0.4, -0.2) is 13.2 Å². The van der Waals surface area contributed by atoms with E-state index < -0.39 is 7.92 Å². The first-order chi connectivity index (χ1) is 13.3. The SMILES string of the molecule is CO[C@H](C)[C]1[CH][CH][CH][C]1P(c1ccccc1)c1ccccc1.[CH]1[CH][CH][CH][CH]1.[Fe]. The van der Waals surface area contributed by atoms with E-state index in [0.717, 1.165) is 0 Å². The van der Waals surface area contributed by atoms with E-state index in [1.54, 1.807) is 7.11 Å². The Morgan fingerprint density at radius 1 is 0.679 bits per heavy atom. The van der Waals surface area contributed by atoms with Crippen molar-refractivity contribution in [1.82, 2.24) is 0 Å². The number of methoxy groups -OCH3 is 1. The third-order valence-electron chi connectivity index (χ3n) is 4.44. The van der Waals surface area contributed by atoms with Gasteiger partial charge < -0.3 is 4.74 Å². The smallest absolute Gasteiger partial charge is 0.0618 e. The number of rotatable bonds is 5. The number of ether oxygens (including phenoxy) is 1. The van der Waals surface area contributed by atoms with E-state index in [0.29, 0.717) is 0 Å². The van der Waals surface area contributed by atoms with Crippen molar-refractivity contribution >= 4 is 18.5 Å². The molecule has 0 amide bonds. The average Bonchev–Trinajstić information content (AvgIpc) is 3.45. The maximum Gasteiger partial charge on any atom is 0.0618 e. The molecule has 0 heterocycles. The van der Waals surface area contributed by atoms with E-state index in [2.05, 4.69) is 86.8 Å². The Balaban J connectivity index is 0.000000408. The molecule has 0 aromatic heterocycles. The molecule has 2 aromatic rings. The summed E-state index contributed by atoms with van der Waals surface area (Å²) in [4.78, 5) is 0. The van der Waals surface area contributed by atoms with Crippen LogP contribution in [-0.2, 0) is 21.8 Å². The van der Waals surface area contributed by atoms with Gasteiger partial charge in [0.15, 0.2) is 0 Å². The minimum absolute atomic E-state index is 0. The Labute approximate surface area is 183 Å². The van der Waals surface area contributed by atoms with Gasteiger partial charge in [0.25, 0.3) is 0 Å². The fraction of sp³-hybridized carbons (Fsp3) is 0.120. The van der Waals surface area contributed by atoms with Crippen molar-refractivity contribution in [3.63, 3.8) is 0 Å². The van der Waals surface area contributed by atoms with E-state index in [4.69, 9.17) is 4.74 Å². The van der Waals surface area contributed by atoms with Crippen LogP contribution in [0, 0.1) is 62.9 Å². The van der Waals surface area contributed by atoms with Gasteiger partial charge in [-0.3, -0.25) is 0 Å². The predicted molar refractivity (Wildman–Crippen MR) is 116 cm³/mol. The largest absolute Gasteiger partial charge is 0.381 e. The van der Waals surface area contributed by atoms with Gasteiger partial charge in [-0.25, -0.2) is 0 Å². The number of hydrogen-bond donors (Lipinski definition) is 0. The zero-order valence-electron chi connectivity index (χ0n) is 16.2. The molecule has 1 nitrogen and oxygen atoms in total. The number of hydrogen-bond acceptors (Lipinski definition) is 1. The van der Waals surface area contributed by atoms with Gasteiger partial charge in [-0.2, -0.15) is 0 Å². The summed E-state index contributed by atoms with van der Waals surface area (Å²) >= 11 is 0. The zero-order valence-corrected chi connectivity index (χ0v) is 18.2. The molecule has 2 aromatic carbocycles. The van der Waals surface area contributed by atoms with Crippen molar-refractivity contribution < 1.29 is 21.8 Å². The zero-order chi connectivity index (χ0) is 18.9. The molecule has 0 saturated heterocycles. The van der Waals surface area contributed by atoms with Crippen LogP contribution in [0.4, 0.5) is 0 Å². The van der Waals surface area contributed by atoms with Gasteiger partial charge in [0.2, 0.25) is 0 Å². The Morgan fingerprint density at radius 2 is 1.14 bits per heavy atom. The summed E-state index contributed by atoms with van der Waals surface area (Å²) < 4.78 is 5.57. The van der Waals surface area contributed by atoms with Gasteiger partial charge in [0, 0.05) is 35.8 Å². The third kappa shape index (κ3) is 6.43. The molecule has 0 spiro atoms. The molecule has 3 heteroatoms. The molecule has 2 saturated carbocycles. The van der Waals surface area contributed by atoms with Crippen LogP contribution in [0.15, 0.2) is 60.7 Å². The average molecular weight is 428 g/mol. The van der Waals surface area contributed by atoms with Crippen LogP contribution < -0.4 is 10.6 Å². The topological polar surface area (TPSA) is 9.23 Å². The molecule has 1 atom stereocenters. The standard InChI is InChI=1S/C20H20OP.C5H5.Fe/c1-16(21-2)19-14-9-15-20(19)22(17-10-5-3-6-11-17)18-12-7-4-8-13-18;1-2-4-5-3-1;/h3-16H,1-2H3;1-5H;/t16-;;/m1../s1. The summed E-state index contributed by atoms with van der Waals surface area (Å²) in [5.74, 6) is 1.29. The summed E-state index contributed by atoms with van der Waals surface area (Å²) in [5.41, 5.74) is 1.39. The van der Waals surface area contributed by atoms with Crippen molar-refractivity contribution in [2.75, 3.05) is 7.11 Å². The first kappa shape index (κ1) is 23.6. The van der Waals surface area contributed by atoms with Crippen molar-refractivity contribution in [2.24, 2.45) is 0 Å². The van der Waals surface area contributed by atoms with Crippen LogP contribution in [0.25, 0.3) is 0 Å². The Kier molecular flexibility index (Phi) is 10.8. The minimum Gasteiger partial charge on any atom is -0.381 e. The molecular weight excluding hydrogens is 403 g/mol. The van der Waals surface area contributed by atoms with Crippen LogP contribution >= 0.6 is 7.92 Å². The summed E-state index contributed by atoms with van der Waals surface area (Å²) in [6.07, 6.45) is 16.7. The van der Waals surface area contributed by atoms with Gasteiger partial charge in [-0.1, -0.05) is 60.7 Å². The maximum atomic E-state index is 5.57. The molecule has 28 heavy (non-hydrogen) atoms. The fourth-order valence-corrected chi connectivity index (χ4v) is 5.55. The summed E-state index contributed by atoms with van der Waals surface area (Å²) in [6, 6.07) is 21.6. The van der Waals surface area contributed by atoms with E-state index in [1.807, 2.05) is 32.1 Å². The van der Waals surface area contributed by atoms with Gasteiger partial charge in [0.1, 0.15) is 0 Å². The van der Waals surface area contributed by atoms with Crippen LogP contribution in [0.5, 0.6) is 0 Å². The second-order valence-corrected chi connectivity index (χ2v) is 8.40. The van der Waals surface area contributed by atoms with Gasteiger partial charge >= 0.3 is 0 Å². The van der Waals surface area contributed by atoms with Crippen LogP contribution in [0.3, 0.4) is 0 Å². The molecule has 0 aliphatic heterocycles. The second kappa shape index (κ2) is 12.8. The Hall–Kier alpha value is -0.651. The van der Waals surface area contributed by atoms with Crippen LogP contribution in [0.1, 0.15) is 6.92 Å². The van der Waals surface area contributed by atoms with Crippen molar-refractivity contribution in [3.8, 4) is 0 Å². The summed E-state index contributed by atoms with van der Waals surface area (Å²) in [6.45, 7) is 2.11. The number of benzene rings is 2. The Bertz CT molecular complexity index is 597. The molecule has 10 radical (unpaired) electrons. The molecule has 0 N–H and O–H groups in total. The quantitative estimate of drug-likeness (QED) is 0.486. The normalized spacial score (nSPS) is 18.4. The molecule has 2 fully saturated rings. The minimum atomic E-state index is -0.548. The molecule has 2 aliphatic rings. The van der Waals surface area contributed by atoms with Gasteiger partial charge in [-0.05, 0) is 76.8 Å². The van der Waals surface area contributed by atoms with E-state index in [9.17, 15) is 0 Å². The van der Waals surface area contributed by atoms with E-state index >= 15 is 0 Å². The summed E-state index contributed by atoms with van der Waals surface area (Å²) in [7, 11) is 1.22. The second-order valence-electron chi connectivity index (χ2n) is 6.21. The molecule has 144 valence electrons. The van der Waals surface area contributed by atoms with Gasteiger partial charge in [0.05, 0.1) is 6.10 Å². The van der Waals surface area contributed by atoms with Crippen molar-refractivity contribution in [1.29, 1.82) is 0 Å². The Morgan fingerprint density at radius 3 is 1.57 bits per heavy atom. The van der Waals surface area contributed by atoms with Crippen molar-refractivity contribution in [3.05, 3.63) is 124 Å². The molecule has 2 aliphatic carbocycles. The molecule has 4 rings (SSSR count). The molecular formula is C25H25FeOP. The first-order valence-electron chi connectivity index (χ1n) is 9.16. The third-order valence-corrected chi connectivity index (χ3v) is 6.96. The van der Waals surface area contributed by atoms with Gasteiger partial charge in [-0.15, -0.1) is 0 Å². The molecule has 0 unspecified atom stereocenters.